The summed E-state index contributed by atoms with van der Waals surface area (Å²) in [6, 6.07) is 17.2. The molecule has 0 radical (unpaired) electrons. The molecule has 4 rings (SSSR count). The number of ether oxygens (including phenoxy) is 1. The molecule has 0 spiro atoms. The Bertz CT molecular complexity index is 1180. The van der Waals surface area contributed by atoms with Crippen LogP contribution < -0.4 is 15.4 Å². The molecule has 0 saturated carbocycles. The summed E-state index contributed by atoms with van der Waals surface area (Å²) in [4.78, 5) is 41.1. The Labute approximate surface area is 210 Å². The lowest BCUT2D eigenvalue weighted by atomic mass is 9.88. The zero-order valence-electron chi connectivity index (χ0n) is 20.5. The number of benzene rings is 2. The number of amides is 3. The zero-order valence-corrected chi connectivity index (χ0v) is 20.5. The number of rotatable bonds is 8. The molecule has 1 aliphatic rings. The van der Waals surface area contributed by atoms with Crippen molar-refractivity contribution in [3.8, 4) is 5.75 Å². The van der Waals surface area contributed by atoms with Gasteiger partial charge in [-0.05, 0) is 62.1 Å². The van der Waals surface area contributed by atoms with Crippen LogP contribution in [0.3, 0.4) is 0 Å². The second-order valence-corrected chi connectivity index (χ2v) is 8.94. The Kier molecular flexibility index (Phi) is 8.05. The monoisotopic (exact) mass is 489 g/mol. The summed E-state index contributed by atoms with van der Waals surface area (Å²) < 4.78 is 10.7. The van der Waals surface area contributed by atoms with E-state index < -0.39 is 6.04 Å². The van der Waals surface area contributed by atoms with Gasteiger partial charge in [-0.1, -0.05) is 29.8 Å². The van der Waals surface area contributed by atoms with Gasteiger partial charge in [0.2, 0.25) is 5.91 Å². The first-order chi connectivity index (χ1) is 17.5. The first kappa shape index (κ1) is 25.0. The third-order valence-corrected chi connectivity index (χ3v) is 6.54. The number of hydrogen-bond acceptors (Lipinski definition) is 5. The van der Waals surface area contributed by atoms with Crippen LogP contribution in [-0.2, 0) is 11.3 Å². The molecule has 0 unspecified atom stereocenters. The van der Waals surface area contributed by atoms with Gasteiger partial charge in [-0.25, -0.2) is 0 Å². The molecule has 2 aromatic carbocycles. The molecular formula is C28H31N3O5. The molecule has 36 heavy (non-hydrogen) atoms. The number of nitrogens with zero attached hydrogens (tertiary/aromatic N) is 1. The Morgan fingerprint density at radius 3 is 2.42 bits per heavy atom. The van der Waals surface area contributed by atoms with Crippen molar-refractivity contribution in [2.45, 2.75) is 32.4 Å². The lowest BCUT2D eigenvalue weighted by Crippen LogP contribution is -2.53. The average molecular weight is 490 g/mol. The quantitative estimate of drug-likeness (QED) is 0.504. The van der Waals surface area contributed by atoms with Crippen molar-refractivity contribution < 1.29 is 23.5 Å². The molecule has 1 aromatic heterocycles. The van der Waals surface area contributed by atoms with Gasteiger partial charge in [-0.3, -0.25) is 14.4 Å². The molecule has 0 aliphatic carbocycles. The molecule has 3 amide bonds. The van der Waals surface area contributed by atoms with Crippen molar-refractivity contribution in [1.29, 1.82) is 0 Å². The SMILES string of the molecule is COc1ccccc1C(=O)N1CCC([C@H](NC(=O)c2ccc(C)cc2)C(=O)NCc2ccco2)CC1. The van der Waals surface area contributed by atoms with E-state index in [4.69, 9.17) is 9.15 Å². The van der Waals surface area contributed by atoms with Gasteiger partial charge >= 0.3 is 0 Å². The predicted octanol–water partition coefficient (Wildman–Crippen LogP) is 3.56. The number of furan rings is 1. The first-order valence-corrected chi connectivity index (χ1v) is 12.1. The van der Waals surface area contributed by atoms with Crippen molar-refractivity contribution in [3.05, 3.63) is 89.4 Å². The summed E-state index contributed by atoms with van der Waals surface area (Å²) >= 11 is 0. The van der Waals surface area contributed by atoms with Crippen LogP contribution >= 0.6 is 0 Å². The van der Waals surface area contributed by atoms with Gasteiger partial charge in [0, 0.05) is 18.7 Å². The Morgan fingerprint density at radius 2 is 1.75 bits per heavy atom. The molecule has 3 aromatic rings. The van der Waals surface area contributed by atoms with Crippen molar-refractivity contribution in [3.63, 3.8) is 0 Å². The maximum Gasteiger partial charge on any atom is 0.257 e. The number of carbonyl (C=O) groups excluding carboxylic acids is 3. The van der Waals surface area contributed by atoms with E-state index in [1.807, 2.05) is 31.2 Å². The number of aryl methyl sites for hydroxylation is 1. The standard InChI is InChI=1S/C28H31N3O5/c1-19-9-11-21(12-10-19)26(32)30-25(27(33)29-18-22-6-5-17-36-22)20-13-15-31(16-14-20)28(34)23-7-3-4-8-24(23)35-2/h3-12,17,20,25H,13-16,18H2,1-2H3,(H,29,33)(H,30,32)/t25-/m0/s1. The normalized spacial score (nSPS) is 14.7. The number of carbonyl (C=O) groups is 3. The highest BCUT2D eigenvalue weighted by Crippen LogP contribution is 2.26. The minimum atomic E-state index is -0.739. The van der Waals surface area contributed by atoms with Gasteiger partial charge in [-0.2, -0.15) is 0 Å². The number of piperidine rings is 1. The number of hydrogen-bond donors (Lipinski definition) is 2. The summed E-state index contributed by atoms with van der Waals surface area (Å²) in [7, 11) is 1.54. The first-order valence-electron chi connectivity index (χ1n) is 12.1. The van der Waals surface area contributed by atoms with E-state index in [-0.39, 0.29) is 30.2 Å². The zero-order chi connectivity index (χ0) is 25.5. The van der Waals surface area contributed by atoms with Gasteiger partial charge < -0.3 is 24.7 Å². The highest BCUT2D eigenvalue weighted by molar-refractivity contribution is 5.98. The van der Waals surface area contributed by atoms with Gasteiger partial charge in [-0.15, -0.1) is 0 Å². The molecule has 2 heterocycles. The van der Waals surface area contributed by atoms with E-state index in [1.165, 1.54) is 0 Å². The van der Waals surface area contributed by atoms with E-state index in [9.17, 15) is 14.4 Å². The van der Waals surface area contributed by atoms with Gasteiger partial charge in [0.05, 0.1) is 25.5 Å². The lowest BCUT2D eigenvalue weighted by molar-refractivity contribution is -0.124. The fourth-order valence-corrected chi connectivity index (χ4v) is 4.45. The molecular weight excluding hydrogens is 458 g/mol. The maximum atomic E-state index is 13.2. The average Bonchev–Trinajstić information content (AvgIpc) is 3.44. The number of para-hydroxylation sites is 1. The highest BCUT2D eigenvalue weighted by atomic mass is 16.5. The largest absolute Gasteiger partial charge is 0.496 e. The van der Waals surface area contributed by atoms with E-state index in [0.717, 1.165) is 5.56 Å². The number of likely N-dealkylation sites (tertiary alicyclic amines) is 1. The van der Waals surface area contributed by atoms with Crippen LogP contribution in [0.4, 0.5) is 0 Å². The van der Waals surface area contributed by atoms with E-state index in [1.54, 1.807) is 54.7 Å². The number of methoxy groups -OCH3 is 1. The van der Waals surface area contributed by atoms with Crippen LogP contribution in [0.25, 0.3) is 0 Å². The Hall–Kier alpha value is -4.07. The van der Waals surface area contributed by atoms with Crippen LogP contribution in [0.2, 0.25) is 0 Å². The molecule has 188 valence electrons. The van der Waals surface area contributed by atoms with Gasteiger partial charge in [0.1, 0.15) is 17.6 Å². The number of nitrogens with one attached hydrogen (secondary N) is 2. The smallest absolute Gasteiger partial charge is 0.257 e. The van der Waals surface area contributed by atoms with Crippen molar-refractivity contribution in [2.75, 3.05) is 20.2 Å². The van der Waals surface area contributed by atoms with Crippen LogP contribution in [0.15, 0.2) is 71.3 Å². The van der Waals surface area contributed by atoms with E-state index >= 15 is 0 Å². The summed E-state index contributed by atoms with van der Waals surface area (Å²) in [5, 5.41) is 5.82. The van der Waals surface area contributed by atoms with Gasteiger partial charge in [0.25, 0.3) is 11.8 Å². The minimum Gasteiger partial charge on any atom is -0.496 e. The van der Waals surface area contributed by atoms with Crippen LogP contribution in [-0.4, -0.2) is 48.9 Å². The van der Waals surface area contributed by atoms with Crippen LogP contribution in [0.1, 0.15) is 44.9 Å². The molecule has 0 bridgehead atoms. The molecule has 8 heteroatoms. The van der Waals surface area contributed by atoms with E-state index in [0.29, 0.717) is 48.6 Å². The lowest BCUT2D eigenvalue weighted by Gasteiger charge is -2.36. The summed E-state index contributed by atoms with van der Waals surface area (Å²) in [5.74, 6) is 0.350. The molecule has 1 aliphatic heterocycles. The minimum absolute atomic E-state index is 0.103. The molecule has 1 fully saturated rings. The topological polar surface area (TPSA) is 101 Å². The third-order valence-electron chi connectivity index (χ3n) is 6.54. The molecule has 1 saturated heterocycles. The molecule has 8 nitrogen and oxygen atoms in total. The fourth-order valence-electron chi connectivity index (χ4n) is 4.45. The third kappa shape index (κ3) is 5.94. The second-order valence-electron chi connectivity index (χ2n) is 8.94. The van der Waals surface area contributed by atoms with Crippen molar-refractivity contribution in [2.24, 2.45) is 5.92 Å². The maximum absolute atomic E-state index is 13.2. The highest BCUT2D eigenvalue weighted by Gasteiger charge is 2.34. The van der Waals surface area contributed by atoms with Crippen molar-refractivity contribution >= 4 is 17.7 Å². The fraction of sp³-hybridized carbons (Fsp3) is 0.321. The summed E-state index contributed by atoms with van der Waals surface area (Å²) in [6.45, 7) is 3.13. The Balaban J connectivity index is 1.45. The van der Waals surface area contributed by atoms with Crippen molar-refractivity contribution in [1.82, 2.24) is 15.5 Å². The summed E-state index contributed by atoms with van der Waals surface area (Å²) in [6.07, 6.45) is 2.70. The predicted molar refractivity (Wildman–Crippen MR) is 135 cm³/mol. The second kappa shape index (κ2) is 11.6. The molecule has 2 N–H and O–H groups in total. The molecule has 1 atom stereocenters. The van der Waals surface area contributed by atoms with Crippen LogP contribution in [0, 0.1) is 12.8 Å². The van der Waals surface area contributed by atoms with Crippen LogP contribution in [0.5, 0.6) is 5.75 Å². The Morgan fingerprint density at radius 1 is 1.03 bits per heavy atom. The van der Waals surface area contributed by atoms with E-state index in [2.05, 4.69) is 10.6 Å². The van der Waals surface area contributed by atoms with Gasteiger partial charge in [0.15, 0.2) is 0 Å². The summed E-state index contributed by atoms with van der Waals surface area (Å²) in [5.41, 5.74) is 2.05.